The van der Waals surface area contributed by atoms with Gasteiger partial charge in [0.25, 0.3) is 5.91 Å². The quantitative estimate of drug-likeness (QED) is 0.431. The van der Waals surface area contributed by atoms with Crippen LogP contribution in [0, 0.1) is 0 Å². The second-order valence-corrected chi connectivity index (χ2v) is 6.88. The number of amides is 1. The summed E-state index contributed by atoms with van der Waals surface area (Å²) < 4.78 is 5.83. The van der Waals surface area contributed by atoms with Gasteiger partial charge in [0, 0.05) is 24.4 Å². The van der Waals surface area contributed by atoms with Crippen LogP contribution < -0.4 is 15.4 Å². The van der Waals surface area contributed by atoms with E-state index in [1.807, 2.05) is 78.9 Å². The molecule has 31 heavy (non-hydrogen) atoms. The van der Waals surface area contributed by atoms with Crippen molar-refractivity contribution in [1.82, 2.24) is 9.97 Å². The fourth-order valence-electron chi connectivity index (χ4n) is 2.97. The number of hydrogen-bond acceptors (Lipinski definition) is 5. The molecule has 0 aliphatic rings. The van der Waals surface area contributed by atoms with E-state index in [0.717, 1.165) is 11.1 Å². The Bertz CT molecular complexity index is 1130. The van der Waals surface area contributed by atoms with Crippen LogP contribution in [0.2, 0.25) is 0 Å². The molecule has 0 fully saturated rings. The number of carbonyl (C=O) groups excluding carboxylic acids is 1. The zero-order valence-corrected chi connectivity index (χ0v) is 16.9. The molecular formula is C25H22N4O2. The monoisotopic (exact) mass is 410 g/mol. The van der Waals surface area contributed by atoms with E-state index in [9.17, 15) is 4.79 Å². The highest BCUT2D eigenvalue weighted by Crippen LogP contribution is 2.19. The van der Waals surface area contributed by atoms with Crippen LogP contribution in [0.3, 0.4) is 0 Å². The highest BCUT2D eigenvalue weighted by molar-refractivity contribution is 6.03. The number of anilines is 2. The Morgan fingerprint density at radius 2 is 1.55 bits per heavy atom. The van der Waals surface area contributed by atoms with Gasteiger partial charge in [-0.05, 0) is 23.3 Å². The highest BCUT2D eigenvalue weighted by Gasteiger charge is 2.10. The molecule has 0 aliphatic carbocycles. The zero-order chi connectivity index (χ0) is 21.3. The predicted octanol–water partition coefficient (Wildman–Crippen LogP) is 4.92. The molecule has 1 aromatic heterocycles. The molecule has 0 saturated carbocycles. The lowest BCUT2D eigenvalue weighted by atomic mass is 10.2. The molecular weight excluding hydrogens is 388 g/mol. The van der Waals surface area contributed by atoms with Crippen LogP contribution in [0.25, 0.3) is 0 Å². The summed E-state index contributed by atoms with van der Waals surface area (Å²) in [5.74, 6) is 0.948. The van der Waals surface area contributed by atoms with Crippen LogP contribution >= 0.6 is 0 Å². The topological polar surface area (TPSA) is 76.1 Å². The normalized spacial score (nSPS) is 10.3. The minimum Gasteiger partial charge on any atom is -0.489 e. The third kappa shape index (κ3) is 5.90. The number of aromatic nitrogens is 2. The number of benzene rings is 3. The number of nitrogens with one attached hydrogen (secondary N) is 2. The molecule has 0 atom stereocenters. The molecule has 1 heterocycles. The lowest BCUT2D eigenvalue weighted by Gasteiger charge is -2.10. The Morgan fingerprint density at radius 1 is 0.806 bits per heavy atom. The van der Waals surface area contributed by atoms with Gasteiger partial charge in [0.1, 0.15) is 30.2 Å². The second-order valence-electron chi connectivity index (χ2n) is 6.88. The maximum Gasteiger partial charge on any atom is 0.274 e. The van der Waals surface area contributed by atoms with Crippen LogP contribution in [0.1, 0.15) is 21.6 Å². The lowest BCUT2D eigenvalue weighted by Crippen LogP contribution is -2.14. The minimum absolute atomic E-state index is 0.279. The third-order valence-corrected chi connectivity index (χ3v) is 4.56. The predicted molar refractivity (Wildman–Crippen MR) is 121 cm³/mol. The van der Waals surface area contributed by atoms with Crippen molar-refractivity contribution in [2.24, 2.45) is 0 Å². The lowest BCUT2D eigenvalue weighted by molar-refractivity contribution is 0.102. The Hall–Kier alpha value is -4.19. The smallest absolute Gasteiger partial charge is 0.274 e. The van der Waals surface area contributed by atoms with E-state index in [0.29, 0.717) is 30.4 Å². The number of hydrogen-bond donors (Lipinski definition) is 2. The van der Waals surface area contributed by atoms with Crippen LogP contribution in [-0.4, -0.2) is 15.9 Å². The second kappa shape index (κ2) is 10.0. The van der Waals surface area contributed by atoms with Crippen molar-refractivity contribution < 1.29 is 9.53 Å². The maximum atomic E-state index is 12.7. The number of carbonyl (C=O) groups is 1. The summed E-state index contributed by atoms with van der Waals surface area (Å²) in [5, 5.41) is 6.07. The standard InChI is InChI=1S/C25H22N4O2/c30-25(23-15-24(28-18-27-23)26-16-19-8-3-1-4-9-19)29-21-12-7-13-22(14-21)31-17-20-10-5-2-6-11-20/h1-15,18H,16-17H2,(H,29,30)(H,26,27,28). The van der Waals surface area contributed by atoms with E-state index < -0.39 is 0 Å². The Morgan fingerprint density at radius 3 is 2.32 bits per heavy atom. The van der Waals surface area contributed by atoms with E-state index in [2.05, 4.69) is 20.6 Å². The molecule has 0 spiro atoms. The van der Waals surface area contributed by atoms with Crippen molar-refractivity contribution in [3.8, 4) is 5.75 Å². The summed E-state index contributed by atoms with van der Waals surface area (Å²) in [7, 11) is 0. The van der Waals surface area contributed by atoms with E-state index >= 15 is 0 Å². The average molecular weight is 410 g/mol. The summed E-state index contributed by atoms with van der Waals surface area (Å²) in [6, 6.07) is 28.8. The van der Waals surface area contributed by atoms with Gasteiger partial charge < -0.3 is 15.4 Å². The van der Waals surface area contributed by atoms with Crippen LogP contribution in [0.4, 0.5) is 11.5 Å². The van der Waals surface area contributed by atoms with E-state index in [4.69, 9.17) is 4.74 Å². The Balaban J connectivity index is 1.36. The first kappa shape index (κ1) is 20.1. The van der Waals surface area contributed by atoms with Crippen molar-refractivity contribution in [2.45, 2.75) is 13.2 Å². The van der Waals surface area contributed by atoms with Gasteiger partial charge in [0.05, 0.1) is 0 Å². The van der Waals surface area contributed by atoms with Crippen molar-refractivity contribution >= 4 is 17.4 Å². The SMILES string of the molecule is O=C(Nc1cccc(OCc2ccccc2)c1)c1cc(NCc2ccccc2)ncn1. The van der Waals surface area contributed by atoms with Crippen molar-refractivity contribution in [3.05, 3.63) is 114 Å². The number of rotatable bonds is 8. The van der Waals surface area contributed by atoms with E-state index in [1.165, 1.54) is 6.33 Å². The molecule has 6 nitrogen and oxygen atoms in total. The van der Waals surface area contributed by atoms with Gasteiger partial charge in [-0.1, -0.05) is 66.7 Å². The zero-order valence-electron chi connectivity index (χ0n) is 16.9. The Kier molecular flexibility index (Phi) is 6.50. The summed E-state index contributed by atoms with van der Waals surface area (Å²) in [4.78, 5) is 20.9. The Labute approximate surface area is 181 Å². The summed E-state index contributed by atoms with van der Waals surface area (Å²) >= 11 is 0. The summed E-state index contributed by atoms with van der Waals surface area (Å²) in [5.41, 5.74) is 3.11. The first-order chi connectivity index (χ1) is 15.3. The molecule has 0 saturated heterocycles. The minimum atomic E-state index is -0.314. The summed E-state index contributed by atoms with van der Waals surface area (Å²) in [6.45, 7) is 1.07. The van der Waals surface area contributed by atoms with Crippen molar-refractivity contribution in [3.63, 3.8) is 0 Å². The largest absolute Gasteiger partial charge is 0.489 e. The van der Waals surface area contributed by atoms with Crippen LogP contribution in [-0.2, 0) is 13.2 Å². The summed E-state index contributed by atoms with van der Waals surface area (Å²) in [6.07, 6.45) is 1.38. The van der Waals surface area contributed by atoms with Gasteiger partial charge >= 0.3 is 0 Å². The molecule has 4 rings (SSSR count). The highest BCUT2D eigenvalue weighted by atomic mass is 16.5. The van der Waals surface area contributed by atoms with E-state index in [1.54, 1.807) is 12.1 Å². The fourth-order valence-corrected chi connectivity index (χ4v) is 2.97. The van der Waals surface area contributed by atoms with E-state index in [-0.39, 0.29) is 11.6 Å². The van der Waals surface area contributed by atoms with Crippen molar-refractivity contribution in [2.75, 3.05) is 10.6 Å². The maximum absolute atomic E-state index is 12.7. The fraction of sp³-hybridized carbons (Fsp3) is 0.0800. The molecule has 6 heteroatoms. The molecule has 2 N–H and O–H groups in total. The number of ether oxygens (including phenoxy) is 1. The van der Waals surface area contributed by atoms with Crippen LogP contribution in [0.5, 0.6) is 5.75 Å². The molecule has 154 valence electrons. The van der Waals surface area contributed by atoms with Gasteiger partial charge in [-0.25, -0.2) is 9.97 Å². The van der Waals surface area contributed by atoms with Crippen molar-refractivity contribution in [1.29, 1.82) is 0 Å². The first-order valence-electron chi connectivity index (χ1n) is 9.94. The van der Waals surface area contributed by atoms with Gasteiger partial charge in [-0.2, -0.15) is 0 Å². The average Bonchev–Trinajstić information content (AvgIpc) is 2.83. The molecule has 1 amide bonds. The van der Waals surface area contributed by atoms with Gasteiger partial charge in [0.2, 0.25) is 0 Å². The molecule has 3 aromatic carbocycles. The molecule has 0 unspecified atom stereocenters. The van der Waals surface area contributed by atoms with Crippen LogP contribution in [0.15, 0.2) is 97.3 Å². The van der Waals surface area contributed by atoms with Gasteiger partial charge in [-0.3, -0.25) is 4.79 Å². The molecule has 0 bridgehead atoms. The first-order valence-corrected chi connectivity index (χ1v) is 9.94. The van der Waals surface area contributed by atoms with Gasteiger partial charge in [0.15, 0.2) is 0 Å². The number of nitrogens with zero attached hydrogens (tertiary/aromatic N) is 2. The molecule has 0 aliphatic heterocycles. The molecule has 4 aromatic rings. The molecule has 0 radical (unpaired) electrons. The van der Waals surface area contributed by atoms with Gasteiger partial charge in [-0.15, -0.1) is 0 Å². The third-order valence-electron chi connectivity index (χ3n) is 4.56.